The fraction of sp³-hybridized carbons (Fsp3) is 0.786. The van der Waals surface area contributed by atoms with E-state index >= 15 is 0 Å². The summed E-state index contributed by atoms with van der Waals surface area (Å²) in [5.41, 5.74) is 0.990. The van der Waals surface area contributed by atoms with Gasteiger partial charge in [0.2, 0.25) is 0 Å². The lowest BCUT2D eigenvalue weighted by Gasteiger charge is -2.39. The zero-order chi connectivity index (χ0) is 28.0. The van der Waals surface area contributed by atoms with Gasteiger partial charge in [0, 0.05) is 32.1 Å². The first-order valence-electron chi connectivity index (χ1n) is 13.6. The Morgan fingerprint density at radius 3 is 2.32 bits per heavy atom. The van der Waals surface area contributed by atoms with Crippen molar-refractivity contribution >= 4 is 43.0 Å². The van der Waals surface area contributed by atoms with Crippen LogP contribution in [0.4, 0.5) is 4.79 Å². The molecule has 0 aromatic carbocycles. The molecule has 37 heavy (non-hydrogen) atoms. The van der Waals surface area contributed by atoms with Gasteiger partial charge >= 0.3 is 12.1 Å². The Morgan fingerprint density at radius 1 is 1.14 bits per heavy atom. The van der Waals surface area contributed by atoms with Gasteiger partial charge < -0.3 is 23.7 Å². The highest BCUT2D eigenvalue weighted by molar-refractivity contribution is 14.1. The van der Waals surface area contributed by atoms with E-state index in [4.69, 9.17) is 13.9 Å². The van der Waals surface area contributed by atoms with Crippen molar-refractivity contribution in [2.45, 2.75) is 97.2 Å². The van der Waals surface area contributed by atoms with Crippen LogP contribution in [0.25, 0.3) is 0 Å². The van der Waals surface area contributed by atoms with Crippen molar-refractivity contribution in [3.8, 4) is 0 Å². The molecular weight excluding hydrogens is 599 g/mol. The van der Waals surface area contributed by atoms with Crippen LogP contribution in [0.5, 0.6) is 0 Å². The Bertz CT molecular complexity index is 833. The lowest BCUT2D eigenvalue weighted by Crippen LogP contribution is -2.48. The number of cyclic esters (lactones) is 1. The van der Waals surface area contributed by atoms with Crippen LogP contribution in [0.2, 0.25) is 18.1 Å². The molecule has 2 rings (SSSR count). The van der Waals surface area contributed by atoms with E-state index in [2.05, 4.69) is 75.3 Å². The first kappa shape index (κ1) is 32.3. The Morgan fingerprint density at radius 2 is 1.76 bits per heavy atom. The lowest BCUT2D eigenvalue weighted by molar-refractivity contribution is -0.150. The van der Waals surface area contributed by atoms with E-state index in [0.717, 1.165) is 25.1 Å². The van der Waals surface area contributed by atoms with Gasteiger partial charge in [0.1, 0.15) is 12.2 Å². The van der Waals surface area contributed by atoms with Crippen LogP contribution in [0, 0.1) is 11.8 Å². The molecule has 1 amide bonds. The second-order valence-corrected chi connectivity index (χ2v) is 17.8. The van der Waals surface area contributed by atoms with E-state index in [1.165, 1.54) is 0 Å². The van der Waals surface area contributed by atoms with Gasteiger partial charge in [0.15, 0.2) is 8.32 Å². The van der Waals surface area contributed by atoms with Gasteiger partial charge in [-0.3, -0.25) is 4.79 Å². The third kappa shape index (κ3) is 9.65. The minimum absolute atomic E-state index is 0.0348. The maximum Gasteiger partial charge on any atom is 0.410 e. The predicted molar refractivity (Wildman–Crippen MR) is 160 cm³/mol. The molecule has 2 heterocycles. The highest BCUT2D eigenvalue weighted by Crippen LogP contribution is 2.38. The Labute approximate surface area is 239 Å². The van der Waals surface area contributed by atoms with E-state index in [1.54, 1.807) is 4.90 Å². The molecule has 2 aliphatic heterocycles. The van der Waals surface area contributed by atoms with Crippen molar-refractivity contribution in [2.24, 2.45) is 11.8 Å². The number of amides is 1. The molecule has 0 N–H and O–H groups in total. The summed E-state index contributed by atoms with van der Waals surface area (Å²) in [5, 5.41) is 0.0348. The largest absolute Gasteiger partial charge is 0.457 e. The number of carbonyl (C=O) groups is 2. The molecule has 1 saturated heterocycles. The first-order chi connectivity index (χ1) is 17.1. The third-order valence-corrected chi connectivity index (χ3v) is 13.6. The summed E-state index contributed by atoms with van der Waals surface area (Å²) in [4.78, 5) is 30.2. The molecule has 1 unspecified atom stereocenters. The molecule has 0 aromatic rings. The Kier molecular flexibility index (Phi) is 12.2. The molecule has 0 saturated carbocycles. The fourth-order valence-electron chi connectivity index (χ4n) is 4.37. The number of halogens is 1. The van der Waals surface area contributed by atoms with Crippen molar-refractivity contribution in [1.82, 2.24) is 9.80 Å². The summed E-state index contributed by atoms with van der Waals surface area (Å²) in [6, 6.07) is 0. The van der Waals surface area contributed by atoms with Crippen molar-refractivity contribution in [3.05, 3.63) is 21.8 Å². The SMILES string of the molecule is C/C(=C\I)[C@H]1OC(=O)CC(O[Si](C)(C)C(C)(C)C)CC[C@H](C)[C@@H](OC(=O)N2CCN(C)CC2)/C=C/[C@@H]1C. The van der Waals surface area contributed by atoms with Crippen molar-refractivity contribution in [2.75, 3.05) is 33.2 Å². The molecule has 0 aromatic heterocycles. The lowest BCUT2D eigenvalue weighted by atomic mass is 9.92. The number of carbonyl (C=O) groups excluding carboxylic acids is 2. The monoisotopic (exact) mass is 648 g/mol. The van der Waals surface area contributed by atoms with Crippen molar-refractivity contribution in [1.29, 1.82) is 0 Å². The standard InChI is InChI=1S/C28H49IN2O5Si/c1-20-10-12-23(36-37(8,9)28(4,5)6)18-25(32)35-26(22(3)19-29)21(2)11-13-24(20)34-27(33)31-16-14-30(7)15-17-31/h11,13,19-21,23-24,26H,10,12,14-18H2,1-9H3/b13-11+,22-19+/t20-,21-,23?,24-,26-/m0/s1. The highest BCUT2D eigenvalue weighted by Gasteiger charge is 2.40. The number of hydrogen-bond acceptors (Lipinski definition) is 6. The van der Waals surface area contributed by atoms with Gasteiger partial charge in [0.05, 0.1) is 12.5 Å². The van der Waals surface area contributed by atoms with Crippen LogP contribution in [0.1, 0.15) is 60.8 Å². The molecule has 9 heteroatoms. The fourth-order valence-corrected chi connectivity index (χ4v) is 6.12. The summed E-state index contributed by atoms with van der Waals surface area (Å²) < 4.78 is 20.8. The zero-order valence-corrected chi connectivity index (χ0v) is 27.5. The molecule has 2 aliphatic rings. The molecule has 0 aliphatic carbocycles. The second-order valence-electron chi connectivity index (χ2n) is 12.4. The van der Waals surface area contributed by atoms with Gasteiger partial charge in [-0.2, -0.15) is 0 Å². The minimum atomic E-state index is -2.10. The number of hydrogen-bond donors (Lipinski definition) is 0. The summed E-state index contributed by atoms with van der Waals surface area (Å²) in [6.07, 6.45) is 4.53. The van der Waals surface area contributed by atoms with Crippen molar-refractivity contribution < 1.29 is 23.5 Å². The molecule has 0 spiro atoms. The molecular formula is C28H49IN2O5Si. The third-order valence-electron chi connectivity index (χ3n) is 8.13. The molecule has 5 atom stereocenters. The summed E-state index contributed by atoms with van der Waals surface area (Å²) in [7, 11) is -0.0264. The van der Waals surface area contributed by atoms with Gasteiger partial charge in [-0.15, -0.1) is 0 Å². The molecule has 212 valence electrons. The van der Waals surface area contributed by atoms with Crippen LogP contribution in [-0.4, -0.2) is 81.7 Å². The Balaban J connectivity index is 2.31. The van der Waals surface area contributed by atoms with Crippen LogP contribution >= 0.6 is 22.6 Å². The van der Waals surface area contributed by atoms with E-state index in [1.807, 2.05) is 30.1 Å². The van der Waals surface area contributed by atoms with Crippen LogP contribution in [0.3, 0.4) is 0 Å². The maximum absolute atomic E-state index is 13.1. The van der Waals surface area contributed by atoms with Crippen LogP contribution < -0.4 is 0 Å². The number of ether oxygens (including phenoxy) is 2. The summed E-state index contributed by atoms with van der Waals surface area (Å²) in [6.45, 7) is 20.3. The highest BCUT2D eigenvalue weighted by atomic mass is 127. The Hall–Kier alpha value is -0.913. The van der Waals surface area contributed by atoms with E-state index in [9.17, 15) is 9.59 Å². The van der Waals surface area contributed by atoms with Gasteiger partial charge in [0.25, 0.3) is 0 Å². The average Bonchev–Trinajstić information content (AvgIpc) is 2.81. The van der Waals surface area contributed by atoms with E-state index < -0.39 is 8.32 Å². The number of rotatable bonds is 4. The maximum atomic E-state index is 13.1. The molecule has 1 fully saturated rings. The quantitative estimate of drug-likeness (QED) is 0.152. The summed E-state index contributed by atoms with van der Waals surface area (Å²) in [5.74, 6) is -0.204. The van der Waals surface area contributed by atoms with Gasteiger partial charge in [-0.1, -0.05) is 63.3 Å². The normalized spacial score (nSPS) is 30.6. The second kappa shape index (κ2) is 13.9. The topological polar surface area (TPSA) is 68.3 Å². The van der Waals surface area contributed by atoms with Crippen molar-refractivity contribution in [3.63, 3.8) is 0 Å². The van der Waals surface area contributed by atoms with Gasteiger partial charge in [-0.05, 0) is 66.6 Å². The zero-order valence-electron chi connectivity index (χ0n) is 24.4. The summed E-state index contributed by atoms with van der Waals surface area (Å²) >= 11 is 2.19. The van der Waals surface area contributed by atoms with Gasteiger partial charge in [-0.25, -0.2) is 4.79 Å². The average molecular weight is 649 g/mol. The minimum Gasteiger partial charge on any atom is -0.457 e. The van der Waals surface area contributed by atoms with E-state index in [0.29, 0.717) is 19.5 Å². The number of esters is 1. The number of nitrogens with zero attached hydrogens (tertiary/aromatic N) is 2. The first-order valence-corrected chi connectivity index (χ1v) is 17.8. The van der Waals surface area contributed by atoms with Crippen LogP contribution in [0.15, 0.2) is 21.8 Å². The molecule has 7 nitrogen and oxygen atoms in total. The predicted octanol–water partition coefficient (Wildman–Crippen LogP) is 6.39. The number of likely N-dealkylation sites (N-methyl/N-ethyl adjacent to an activating group) is 1. The molecule has 0 radical (unpaired) electrons. The van der Waals surface area contributed by atoms with Crippen LogP contribution in [-0.2, 0) is 18.7 Å². The van der Waals surface area contributed by atoms with E-state index in [-0.39, 0.29) is 53.7 Å². The molecule has 0 bridgehead atoms. The number of piperazine rings is 1. The smallest absolute Gasteiger partial charge is 0.410 e.